The van der Waals surface area contributed by atoms with E-state index in [4.69, 9.17) is 0 Å². The van der Waals surface area contributed by atoms with Gasteiger partial charge in [0.25, 0.3) is 0 Å². The van der Waals surface area contributed by atoms with Crippen LogP contribution in [-0.2, 0) is 0 Å². The van der Waals surface area contributed by atoms with Crippen molar-refractivity contribution in [2.75, 3.05) is 18.0 Å². The first-order chi connectivity index (χ1) is 7.83. The predicted molar refractivity (Wildman–Crippen MR) is 66.7 cm³/mol. The molecule has 16 heavy (non-hydrogen) atoms. The standard InChI is InChI=1S/C14H18N2/c1-11-10-14(4-7-15-11)16-8-5-13(6-9-16)12-2-3-12/h4,7,10H,2-3,5-6,8-9H2,1H3. The Labute approximate surface area is 97.0 Å². The number of hydrogen-bond donors (Lipinski definition) is 0. The maximum atomic E-state index is 4.25. The van der Waals surface area contributed by atoms with E-state index in [1.54, 1.807) is 11.1 Å². The number of hydrogen-bond acceptors (Lipinski definition) is 2. The molecule has 0 spiro atoms. The van der Waals surface area contributed by atoms with Crippen molar-refractivity contribution in [2.24, 2.45) is 0 Å². The van der Waals surface area contributed by atoms with Gasteiger partial charge in [0.1, 0.15) is 0 Å². The summed E-state index contributed by atoms with van der Waals surface area (Å²) < 4.78 is 0. The van der Waals surface area contributed by atoms with Crippen molar-refractivity contribution < 1.29 is 0 Å². The first-order valence-electron chi connectivity index (χ1n) is 6.20. The molecule has 1 aliphatic heterocycles. The van der Waals surface area contributed by atoms with Gasteiger partial charge in [0.15, 0.2) is 0 Å². The summed E-state index contributed by atoms with van der Waals surface area (Å²) in [6.45, 7) is 4.43. The van der Waals surface area contributed by atoms with Crippen LogP contribution in [-0.4, -0.2) is 18.1 Å². The lowest BCUT2D eigenvalue weighted by molar-refractivity contribution is 0.681. The van der Waals surface area contributed by atoms with Gasteiger partial charge in [-0.05, 0) is 44.7 Å². The summed E-state index contributed by atoms with van der Waals surface area (Å²) in [5, 5.41) is 0. The fourth-order valence-corrected chi connectivity index (χ4v) is 2.53. The van der Waals surface area contributed by atoms with Crippen LogP contribution < -0.4 is 4.90 Å². The molecule has 84 valence electrons. The van der Waals surface area contributed by atoms with Gasteiger partial charge in [0, 0.05) is 30.7 Å². The number of rotatable bonds is 1. The first kappa shape index (κ1) is 9.88. The fraction of sp³-hybridized carbons (Fsp3) is 0.500. The monoisotopic (exact) mass is 214 g/mol. The molecular formula is C14H18N2. The molecule has 2 heterocycles. The summed E-state index contributed by atoms with van der Waals surface area (Å²) in [6, 6.07) is 4.32. The second-order valence-corrected chi connectivity index (χ2v) is 4.85. The van der Waals surface area contributed by atoms with E-state index in [1.807, 2.05) is 6.20 Å². The normalized spacial score (nSPS) is 20.2. The Morgan fingerprint density at radius 3 is 2.38 bits per heavy atom. The lowest BCUT2D eigenvalue weighted by atomic mass is 10.0. The molecule has 0 unspecified atom stereocenters. The molecule has 0 amide bonds. The van der Waals surface area contributed by atoms with Crippen molar-refractivity contribution in [3.63, 3.8) is 0 Å². The number of pyridine rings is 1. The minimum absolute atomic E-state index is 1.11. The van der Waals surface area contributed by atoms with E-state index in [1.165, 1.54) is 44.5 Å². The average Bonchev–Trinajstić information content (AvgIpc) is 3.13. The molecule has 0 bridgehead atoms. The first-order valence-corrected chi connectivity index (χ1v) is 6.20. The van der Waals surface area contributed by atoms with Crippen LogP contribution in [0.15, 0.2) is 29.5 Å². The molecule has 3 rings (SSSR count). The summed E-state index contributed by atoms with van der Waals surface area (Å²) in [5.74, 6) is 0. The van der Waals surface area contributed by atoms with Crippen LogP contribution in [0.2, 0.25) is 0 Å². The van der Waals surface area contributed by atoms with Crippen molar-refractivity contribution in [1.29, 1.82) is 0 Å². The summed E-state index contributed by atoms with van der Waals surface area (Å²) in [7, 11) is 0. The molecular weight excluding hydrogens is 196 g/mol. The van der Waals surface area contributed by atoms with Gasteiger partial charge in [-0.15, -0.1) is 0 Å². The molecule has 0 radical (unpaired) electrons. The highest BCUT2D eigenvalue weighted by Crippen LogP contribution is 2.36. The Hall–Kier alpha value is -1.31. The lowest BCUT2D eigenvalue weighted by Crippen LogP contribution is -2.30. The number of aryl methyl sites for hydroxylation is 1. The van der Waals surface area contributed by atoms with Crippen LogP contribution in [0.5, 0.6) is 0 Å². The summed E-state index contributed by atoms with van der Waals surface area (Å²) in [4.78, 5) is 6.74. The average molecular weight is 214 g/mol. The molecule has 0 aromatic carbocycles. The minimum Gasteiger partial charge on any atom is -0.371 e. The van der Waals surface area contributed by atoms with Gasteiger partial charge in [-0.3, -0.25) is 4.98 Å². The second-order valence-electron chi connectivity index (χ2n) is 4.85. The third-order valence-electron chi connectivity index (χ3n) is 3.61. The molecule has 0 N–H and O–H groups in total. The van der Waals surface area contributed by atoms with Gasteiger partial charge < -0.3 is 4.90 Å². The third-order valence-corrected chi connectivity index (χ3v) is 3.61. The van der Waals surface area contributed by atoms with Crippen LogP contribution in [0.25, 0.3) is 0 Å². The number of allylic oxidation sites excluding steroid dienone is 1. The van der Waals surface area contributed by atoms with Gasteiger partial charge in [-0.2, -0.15) is 0 Å². The number of anilines is 1. The van der Waals surface area contributed by atoms with E-state index < -0.39 is 0 Å². The highest BCUT2D eigenvalue weighted by atomic mass is 15.1. The second kappa shape index (κ2) is 3.93. The van der Waals surface area contributed by atoms with E-state index >= 15 is 0 Å². The summed E-state index contributed by atoms with van der Waals surface area (Å²) in [6.07, 6.45) is 7.22. The SMILES string of the molecule is Cc1cc(N2CCC(=C3CC3)CC2)ccn1. The molecule has 1 aromatic rings. The summed E-state index contributed by atoms with van der Waals surface area (Å²) in [5.41, 5.74) is 5.96. The van der Waals surface area contributed by atoms with E-state index in [-0.39, 0.29) is 0 Å². The fourth-order valence-electron chi connectivity index (χ4n) is 2.53. The van der Waals surface area contributed by atoms with Gasteiger partial charge in [-0.1, -0.05) is 11.1 Å². The Morgan fingerprint density at radius 1 is 1.06 bits per heavy atom. The van der Waals surface area contributed by atoms with Crippen LogP contribution in [0, 0.1) is 6.92 Å². The summed E-state index contributed by atoms with van der Waals surface area (Å²) >= 11 is 0. The van der Waals surface area contributed by atoms with Crippen molar-refractivity contribution in [3.05, 3.63) is 35.2 Å². The van der Waals surface area contributed by atoms with E-state index in [0.29, 0.717) is 0 Å². The highest BCUT2D eigenvalue weighted by molar-refractivity contribution is 5.48. The smallest absolute Gasteiger partial charge is 0.0400 e. The highest BCUT2D eigenvalue weighted by Gasteiger charge is 2.22. The van der Waals surface area contributed by atoms with Gasteiger partial charge in [0.2, 0.25) is 0 Å². The van der Waals surface area contributed by atoms with Crippen LogP contribution in [0.3, 0.4) is 0 Å². The molecule has 1 aliphatic carbocycles. The van der Waals surface area contributed by atoms with Crippen LogP contribution >= 0.6 is 0 Å². The molecule has 2 heteroatoms. The maximum absolute atomic E-state index is 4.25. The van der Waals surface area contributed by atoms with Crippen molar-refractivity contribution in [3.8, 4) is 0 Å². The zero-order valence-electron chi connectivity index (χ0n) is 9.87. The van der Waals surface area contributed by atoms with Gasteiger partial charge in [-0.25, -0.2) is 0 Å². The predicted octanol–water partition coefficient (Wildman–Crippen LogP) is 3.08. The molecule has 1 aromatic heterocycles. The van der Waals surface area contributed by atoms with Crippen molar-refractivity contribution in [1.82, 2.24) is 4.98 Å². The number of nitrogens with zero attached hydrogens (tertiary/aromatic N) is 2. The lowest BCUT2D eigenvalue weighted by Gasteiger charge is -2.30. The molecule has 2 aliphatic rings. The zero-order chi connectivity index (χ0) is 11.0. The minimum atomic E-state index is 1.11. The van der Waals surface area contributed by atoms with Crippen LogP contribution in [0.1, 0.15) is 31.4 Å². The third kappa shape index (κ3) is 1.97. The Morgan fingerprint density at radius 2 is 1.75 bits per heavy atom. The van der Waals surface area contributed by atoms with Gasteiger partial charge in [0.05, 0.1) is 0 Å². The molecule has 1 saturated heterocycles. The molecule has 0 atom stereocenters. The Kier molecular flexibility index (Phi) is 2.43. The van der Waals surface area contributed by atoms with Crippen molar-refractivity contribution in [2.45, 2.75) is 32.6 Å². The largest absolute Gasteiger partial charge is 0.371 e. The topological polar surface area (TPSA) is 16.1 Å². The van der Waals surface area contributed by atoms with E-state index in [2.05, 4.69) is 28.9 Å². The quantitative estimate of drug-likeness (QED) is 0.668. The van der Waals surface area contributed by atoms with E-state index in [9.17, 15) is 0 Å². The van der Waals surface area contributed by atoms with Crippen LogP contribution in [0.4, 0.5) is 5.69 Å². The number of aromatic nitrogens is 1. The molecule has 1 saturated carbocycles. The zero-order valence-corrected chi connectivity index (χ0v) is 9.87. The Balaban J connectivity index is 1.71. The maximum Gasteiger partial charge on any atom is 0.0400 e. The number of piperidine rings is 1. The van der Waals surface area contributed by atoms with Gasteiger partial charge >= 0.3 is 0 Å². The molecule has 2 fully saturated rings. The van der Waals surface area contributed by atoms with E-state index in [0.717, 1.165) is 5.69 Å². The molecule has 2 nitrogen and oxygen atoms in total. The Bertz CT molecular complexity index is 418. The van der Waals surface area contributed by atoms with Crippen molar-refractivity contribution >= 4 is 5.69 Å².